The Labute approximate surface area is 147 Å². The number of aromatic nitrogens is 6. The van der Waals surface area contributed by atoms with E-state index in [9.17, 15) is 0 Å². The van der Waals surface area contributed by atoms with Crippen molar-refractivity contribution in [1.29, 1.82) is 0 Å². The molecule has 0 fully saturated rings. The number of nitrogen functional groups attached to an aromatic ring is 1. The van der Waals surface area contributed by atoms with Gasteiger partial charge in [0, 0.05) is 17.1 Å². The van der Waals surface area contributed by atoms with Gasteiger partial charge in [-0.1, -0.05) is 23.7 Å². The summed E-state index contributed by atoms with van der Waals surface area (Å²) in [6.07, 6.45) is 3.35. The van der Waals surface area contributed by atoms with Crippen molar-refractivity contribution < 1.29 is 0 Å². The van der Waals surface area contributed by atoms with Gasteiger partial charge in [-0.25, -0.2) is 0 Å². The molecule has 0 aliphatic heterocycles. The van der Waals surface area contributed by atoms with Crippen LogP contribution >= 0.6 is 11.6 Å². The van der Waals surface area contributed by atoms with Crippen LogP contribution in [0.4, 0.5) is 11.9 Å². The Hall–Kier alpha value is -3.26. The van der Waals surface area contributed by atoms with E-state index in [2.05, 4.69) is 35.5 Å². The molecule has 9 heteroatoms. The third-order valence-electron chi connectivity index (χ3n) is 3.57. The molecule has 0 amide bonds. The zero-order valence-electron chi connectivity index (χ0n) is 12.9. The van der Waals surface area contributed by atoms with Gasteiger partial charge >= 0.3 is 0 Å². The molecule has 25 heavy (non-hydrogen) atoms. The normalized spacial score (nSPS) is 10.9. The van der Waals surface area contributed by atoms with Crippen LogP contribution < -0.4 is 11.1 Å². The summed E-state index contributed by atoms with van der Waals surface area (Å²) in [5.41, 5.74) is 8.35. The van der Waals surface area contributed by atoms with Gasteiger partial charge in [0.15, 0.2) is 5.82 Å². The van der Waals surface area contributed by atoms with Gasteiger partial charge in [-0.3, -0.25) is 10.1 Å². The summed E-state index contributed by atoms with van der Waals surface area (Å²) in [7, 11) is 0. The summed E-state index contributed by atoms with van der Waals surface area (Å²) in [5.74, 6) is 1.00. The number of rotatable bonds is 4. The molecule has 4 aromatic rings. The largest absolute Gasteiger partial charge is 0.368 e. The summed E-state index contributed by atoms with van der Waals surface area (Å²) in [6.45, 7) is 0.444. The summed E-state index contributed by atoms with van der Waals surface area (Å²) < 4.78 is 0. The quantitative estimate of drug-likeness (QED) is 0.516. The number of hydrogen-bond donors (Lipinski definition) is 3. The van der Waals surface area contributed by atoms with Gasteiger partial charge in [0.25, 0.3) is 0 Å². The van der Waals surface area contributed by atoms with Gasteiger partial charge in [0.1, 0.15) is 0 Å². The van der Waals surface area contributed by atoms with E-state index in [4.69, 9.17) is 17.3 Å². The number of benzene rings is 1. The third-order valence-corrected chi connectivity index (χ3v) is 3.79. The first kappa shape index (κ1) is 15.3. The minimum absolute atomic E-state index is 0.140. The van der Waals surface area contributed by atoms with Crippen LogP contribution in [0.1, 0.15) is 5.69 Å². The Balaban J connectivity index is 1.60. The minimum Gasteiger partial charge on any atom is -0.368 e. The number of anilines is 2. The average Bonchev–Trinajstić information content (AvgIpc) is 3.08. The maximum atomic E-state index is 5.83. The third kappa shape index (κ3) is 3.33. The second kappa shape index (κ2) is 6.33. The van der Waals surface area contributed by atoms with Crippen molar-refractivity contribution in [3.05, 3.63) is 53.4 Å². The highest BCUT2D eigenvalue weighted by molar-refractivity contribution is 6.30. The minimum atomic E-state index is 0.140. The smallest absolute Gasteiger partial charge is 0.228 e. The molecule has 3 aromatic heterocycles. The molecular weight excluding hydrogens is 340 g/mol. The highest BCUT2D eigenvalue weighted by Gasteiger charge is 2.08. The summed E-state index contributed by atoms with van der Waals surface area (Å²) in [4.78, 5) is 17.0. The molecule has 0 saturated carbocycles. The molecule has 0 atom stereocenters. The fourth-order valence-corrected chi connectivity index (χ4v) is 2.47. The van der Waals surface area contributed by atoms with Gasteiger partial charge < -0.3 is 11.1 Å². The van der Waals surface area contributed by atoms with E-state index in [0.29, 0.717) is 23.3 Å². The van der Waals surface area contributed by atoms with E-state index in [1.54, 1.807) is 18.5 Å². The van der Waals surface area contributed by atoms with Crippen LogP contribution in [0.5, 0.6) is 0 Å². The number of nitrogens with one attached hydrogen (secondary N) is 2. The number of hydrogen-bond acceptors (Lipinski definition) is 7. The molecule has 0 saturated heterocycles. The van der Waals surface area contributed by atoms with Crippen molar-refractivity contribution in [2.24, 2.45) is 0 Å². The van der Waals surface area contributed by atoms with E-state index in [1.165, 1.54) is 0 Å². The number of nitrogens with zero attached hydrogens (tertiary/aromatic N) is 5. The SMILES string of the molecule is Nc1nc(NCc2ccc(Cl)cn2)nc(-c2ccc3cn[nH]c3c2)n1. The number of nitrogens with two attached hydrogens (primary N) is 1. The van der Waals surface area contributed by atoms with E-state index >= 15 is 0 Å². The highest BCUT2D eigenvalue weighted by Crippen LogP contribution is 2.21. The molecule has 3 heterocycles. The predicted molar refractivity (Wildman–Crippen MR) is 95.9 cm³/mol. The van der Waals surface area contributed by atoms with Gasteiger partial charge in [-0.15, -0.1) is 0 Å². The maximum absolute atomic E-state index is 5.83. The Morgan fingerprint density at radius 2 is 2.00 bits per heavy atom. The van der Waals surface area contributed by atoms with Crippen molar-refractivity contribution in [3.8, 4) is 11.4 Å². The number of fused-ring (bicyclic) bond motifs is 1. The highest BCUT2D eigenvalue weighted by atomic mass is 35.5. The Kier molecular flexibility index (Phi) is 3.87. The topological polar surface area (TPSA) is 118 Å². The van der Waals surface area contributed by atoms with E-state index in [0.717, 1.165) is 22.2 Å². The second-order valence-electron chi connectivity index (χ2n) is 5.33. The van der Waals surface area contributed by atoms with Crippen LogP contribution in [-0.2, 0) is 6.54 Å². The molecule has 0 aliphatic rings. The zero-order valence-corrected chi connectivity index (χ0v) is 13.7. The zero-order chi connectivity index (χ0) is 17.2. The number of aromatic amines is 1. The maximum Gasteiger partial charge on any atom is 0.228 e. The lowest BCUT2D eigenvalue weighted by Gasteiger charge is -2.07. The first-order valence-electron chi connectivity index (χ1n) is 7.47. The molecule has 4 rings (SSSR count). The number of H-pyrrole nitrogens is 1. The van der Waals surface area contributed by atoms with Crippen molar-refractivity contribution in [3.63, 3.8) is 0 Å². The van der Waals surface area contributed by atoms with E-state index in [-0.39, 0.29) is 5.95 Å². The summed E-state index contributed by atoms with van der Waals surface area (Å²) in [6, 6.07) is 9.38. The first-order valence-corrected chi connectivity index (χ1v) is 7.84. The van der Waals surface area contributed by atoms with Gasteiger partial charge in [0.05, 0.1) is 29.0 Å². The van der Waals surface area contributed by atoms with Crippen molar-refractivity contribution in [2.75, 3.05) is 11.1 Å². The lowest BCUT2D eigenvalue weighted by molar-refractivity contribution is 0.984. The van der Waals surface area contributed by atoms with Gasteiger partial charge in [0.2, 0.25) is 11.9 Å². The van der Waals surface area contributed by atoms with E-state index in [1.807, 2.05) is 24.3 Å². The Bertz CT molecular complexity index is 1030. The molecule has 0 spiro atoms. The van der Waals surface area contributed by atoms with Crippen LogP contribution in [-0.4, -0.2) is 30.1 Å². The molecular formula is C16H13ClN8. The standard InChI is InChI=1S/C16H13ClN8/c17-11-3-4-12(19-7-11)8-20-16-23-14(22-15(18)24-16)9-1-2-10-6-21-25-13(10)5-9/h1-7H,8H2,(H,21,25)(H3,18,20,22,23,24). The van der Waals surface area contributed by atoms with Crippen LogP contribution in [0.2, 0.25) is 5.02 Å². The average molecular weight is 353 g/mol. The molecule has 0 radical (unpaired) electrons. The number of halogens is 1. The molecule has 4 N–H and O–H groups in total. The van der Waals surface area contributed by atoms with Crippen LogP contribution in [0, 0.1) is 0 Å². The molecule has 0 aliphatic carbocycles. The Morgan fingerprint density at radius 1 is 1.08 bits per heavy atom. The summed E-state index contributed by atoms with van der Waals surface area (Å²) in [5, 5.41) is 11.6. The fraction of sp³-hybridized carbons (Fsp3) is 0.0625. The molecule has 8 nitrogen and oxygen atoms in total. The van der Waals surface area contributed by atoms with Crippen molar-refractivity contribution in [1.82, 2.24) is 30.1 Å². The molecule has 0 unspecified atom stereocenters. The van der Waals surface area contributed by atoms with Gasteiger partial charge in [-0.2, -0.15) is 20.1 Å². The monoisotopic (exact) mass is 352 g/mol. The molecule has 1 aromatic carbocycles. The van der Waals surface area contributed by atoms with Crippen LogP contribution in [0.3, 0.4) is 0 Å². The number of pyridine rings is 1. The lowest BCUT2D eigenvalue weighted by atomic mass is 10.1. The second-order valence-corrected chi connectivity index (χ2v) is 5.77. The van der Waals surface area contributed by atoms with Crippen molar-refractivity contribution >= 4 is 34.4 Å². The first-order chi connectivity index (χ1) is 12.2. The summed E-state index contributed by atoms with van der Waals surface area (Å²) >= 11 is 5.83. The van der Waals surface area contributed by atoms with Crippen LogP contribution in [0.25, 0.3) is 22.3 Å². The van der Waals surface area contributed by atoms with E-state index < -0.39 is 0 Å². The Morgan fingerprint density at radius 3 is 2.84 bits per heavy atom. The fourth-order valence-electron chi connectivity index (χ4n) is 2.36. The van der Waals surface area contributed by atoms with Gasteiger partial charge in [-0.05, 0) is 18.2 Å². The van der Waals surface area contributed by atoms with Crippen LogP contribution in [0.15, 0.2) is 42.7 Å². The molecule has 124 valence electrons. The van der Waals surface area contributed by atoms with Crippen molar-refractivity contribution in [2.45, 2.75) is 6.54 Å². The lowest BCUT2D eigenvalue weighted by Crippen LogP contribution is -2.08. The predicted octanol–water partition coefficient (Wildman–Crippen LogP) is 2.66. The molecule has 0 bridgehead atoms.